The van der Waals surface area contributed by atoms with E-state index >= 15 is 0 Å². The Balaban J connectivity index is 1.47. The van der Waals surface area contributed by atoms with Gasteiger partial charge in [-0.2, -0.15) is 5.10 Å². The molecule has 1 amide bonds. The summed E-state index contributed by atoms with van der Waals surface area (Å²) >= 11 is 0. The van der Waals surface area contributed by atoms with Gasteiger partial charge in [-0.3, -0.25) is 9.89 Å². The molecule has 0 bridgehead atoms. The number of hydrogen-bond donors (Lipinski definition) is 2. The molecule has 128 valence electrons. The molecule has 8 heteroatoms. The maximum Gasteiger partial charge on any atom is 0.252 e. The number of aromatic nitrogens is 5. The third-order valence-corrected chi connectivity index (χ3v) is 4.56. The van der Waals surface area contributed by atoms with Gasteiger partial charge in [-0.25, -0.2) is 15.0 Å². The van der Waals surface area contributed by atoms with E-state index in [4.69, 9.17) is 0 Å². The average molecular weight is 337 g/mol. The first kappa shape index (κ1) is 15.5. The molecule has 0 radical (unpaired) electrons. The van der Waals surface area contributed by atoms with Gasteiger partial charge in [-0.1, -0.05) is 0 Å². The first-order chi connectivity index (χ1) is 12.2. The number of nitrogens with zero attached hydrogens (tertiary/aromatic N) is 5. The van der Waals surface area contributed by atoms with Gasteiger partial charge in [0.25, 0.3) is 5.91 Å². The molecule has 0 aliphatic carbocycles. The first-order valence-electron chi connectivity index (χ1n) is 8.34. The number of pyridine rings is 1. The van der Waals surface area contributed by atoms with E-state index in [1.807, 2.05) is 13.0 Å². The summed E-state index contributed by atoms with van der Waals surface area (Å²) in [5.41, 5.74) is 2.15. The molecule has 4 rings (SSSR count). The topological polar surface area (TPSA) is 99.7 Å². The summed E-state index contributed by atoms with van der Waals surface area (Å²) in [5, 5.41) is 10.5. The van der Waals surface area contributed by atoms with Crippen molar-refractivity contribution in [2.75, 3.05) is 18.0 Å². The largest absolute Gasteiger partial charge is 0.352 e. The quantitative estimate of drug-likeness (QED) is 0.747. The van der Waals surface area contributed by atoms with Crippen molar-refractivity contribution in [3.8, 4) is 0 Å². The zero-order valence-electron chi connectivity index (χ0n) is 13.9. The Morgan fingerprint density at radius 2 is 2.32 bits per heavy atom. The van der Waals surface area contributed by atoms with E-state index in [1.165, 1.54) is 0 Å². The number of anilines is 1. The van der Waals surface area contributed by atoms with Gasteiger partial charge in [0.05, 0.1) is 17.1 Å². The fourth-order valence-electron chi connectivity index (χ4n) is 3.30. The molecule has 1 aliphatic heterocycles. The number of aryl methyl sites for hydroxylation is 1. The van der Waals surface area contributed by atoms with E-state index in [2.05, 4.69) is 35.4 Å². The molecule has 4 heterocycles. The summed E-state index contributed by atoms with van der Waals surface area (Å²) in [6, 6.07) is 3.94. The van der Waals surface area contributed by atoms with Gasteiger partial charge in [-0.05, 0) is 25.8 Å². The average Bonchev–Trinajstić information content (AvgIpc) is 3.28. The lowest BCUT2D eigenvalue weighted by Crippen LogP contribution is -2.40. The third-order valence-electron chi connectivity index (χ3n) is 4.56. The minimum Gasteiger partial charge on any atom is -0.352 e. The van der Waals surface area contributed by atoms with Crippen LogP contribution >= 0.6 is 0 Å². The number of nitrogens with one attached hydrogen (secondary N) is 2. The molecule has 0 aromatic carbocycles. The number of carbonyl (C=O) groups is 1. The highest BCUT2D eigenvalue weighted by Crippen LogP contribution is 2.23. The van der Waals surface area contributed by atoms with E-state index in [0.29, 0.717) is 17.8 Å². The van der Waals surface area contributed by atoms with Crippen LogP contribution in [0.2, 0.25) is 0 Å². The van der Waals surface area contributed by atoms with Crippen LogP contribution in [0.25, 0.3) is 11.0 Å². The standard InChI is InChI=1S/C17H19N7O/c1-11-7-15(21-10-20-11)24-6-2-3-12(24)8-19-17(25)13-4-5-18-16-14(13)9-22-23-16/h4-5,7,9-10,12H,2-3,6,8H2,1H3,(H,19,25)(H,18,22,23)/t12-/m1/s1. The van der Waals surface area contributed by atoms with Gasteiger partial charge < -0.3 is 10.2 Å². The number of carbonyl (C=O) groups excluding carboxylic acids is 1. The molecular weight excluding hydrogens is 318 g/mol. The molecule has 1 atom stereocenters. The van der Waals surface area contributed by atoms with Gasteiger partial charge in [-0.15, -0.1) is 0 Å². The zero-order valence-corrected chi connectivity index (χ0v) is 13.9. The lowest BCUT2D eigenvalue weighted by atomic mass is 10.1. The lowest BCUT2D eigenvalue weighted by molar-refractivity contribution is 0.0953. The normalized spacial score (nSPS) is 17.2. The van der Waals surface area contributed by atoms with Crippen LogP contribution in [0.4, 0.5) is 5.82 Å². The van der Waals surface area contributed by atoms with Crippen molar-refractivity contribution in [3.05, 3.63) is 42.1 Å². The molecule has 3 aromatic rings. The molecule has 8 nitrogen and oxygen atoms in total. The van der Waals surface area contributed by atoms with Gasteiger partial charge in [0, 0.05) is 37.1 Å². The summed E-state index contributed by atoms with van der Waals surface area (Å²) < 4.78 is 0. The molecular formula is C17H19N7O. The van der Waals surface area contributed by atoms with Gasteiger partial charge in [0.2, 0.25) is 0 Å². The van der Waals surface area contributed by atoms with Crippen molar-refractivity contribution in [2.45, 2.75) is 25.8 Å². The van der Waals surface area contributed by atoms with Crippen LogP contribution in [-0.2, 0) is 0 Å². The second-order valence-electron chi connectivity index (χ2n) is 6.21. The van der Waals surface area contributed by atoms with E-state index < -0.39 is 0 Å². The highest BCUT2D eigenvalue weighted by Gasteiger charge is 2.26. The molecule has 0 saturated carbocycles. The highest BCUT2D eigenvalue weighted by molar-refractivity contribution is 6.05. The van der Waals surface area contributed by atoms with Crippen molar-refractivity contribution in [1.82, 2.24) is 30.5 Å². The van der Waals surface area contributed by atoms with Crippen LogP contribution in [0.15, 0.2) is 30.9 Å². The van der Waals surface area contributed by atoms with E-state index in [-0.39, 0.29) is 11.9 Å². The molecule has 0 spiro atoms. The minimum atomic E-state index is -0.112. The second kappa shape index (κ2) is 6.46. The van der Waals surface area contributed by atoms with Crippen LogP contribution < -0.4 is 10.2 Å². The van der Waals surface area contributed by atoms with Crippen LogP contribution in [0.1, 0.15) is 28.9 Å². The van der Waals surface area contributed by atoms with Crippen molar-refractivity contribution >= 4 is 22.8 Å². The van der Waals surface area contributed by atoms with Crippen LogP contribution in [-0.4, -0.2) is 50.2 Å². The van der Waals surface area contributed by atoms with Gasteiger partial charge in [0.15, 0.2) is 5.65 Å². The maximum absolute atomic E-state index is 12.6. The number of fused-ring (bicyclic) bond motifs is 1. The summed E-state index contributed by atoms with van der Waals surface area (Å²) in [6.45, 7) is 3.47. The summed E-state index contributed by atoms with van der Waals surface area (Å²) in [7, 11) is 0. The van der Waals surface area contributed by atoms with E-state index in [0.717, 1.165) is 36.3 Å². The molecule has 1 saturated heterocycles. The number of rotatable bonds is 4. The van der Waals surface area contributed by atoms with Gasteiger partial charge in [0.1, 0.15) is 12.1 Å². The number of H-pyrrole nitrogens is 1. The smallest absolute Gasteiger partial charge is 0.252 e. The van der Waals surface area contributed by atoms with Gasteiger partial charge >= 0.3 is 0 Å². The van der Waals surface area contributed by atoms with Crippen LogP contribution in [0.5, 0.6) is 0 Å². The fraction of sp³-hybridized carbons (Fsp3) is 0.353. The predicted octanol–water partition coefficient (Wildman–Crippen LogP) is 1.46. The number of hydrogen-bond acceptors (Lipinski definition) is 6. The Bertz CT molecular complexity index is 907. The Kier molecular flexibility index (Phi) is 4.01. The summed E-state index contributed by atoms with van der Waals surface area (Å²) in [5.74, 6) is 0.810. The van der Waals surface area contributed by atoms with Crippen LogP contribution in [0, 0.1) is 6.92 Å². The molecule has 1 fully saturated rings. The number of aromatic amines is 1. The second-order valence-corrected chi connectivity index (χ2v) is 6.21. The van der Waals surface area contributed by atoms with E-state index in [1.54, 1.807) is 24.8 Å². The predicted molar refractivity (Wildman–Crippen MR) is 93.4 cm³/mol. The SMILES string of the molecule is Cc1cc(N2CCC[C@@H]2CNC(=O)c2ccnc3[nH]ncc23)ncn1. The lowest BCUT2D eigenvalue weighted by Gasteiger charge is -2.26. The third kappa shape index (κ3) is 3.02. The van der Waals surface area contributed by atoms with Crippen molar-refractivity contribution in [2.24, 2.45) is 0 Å². The first-order valence-corrected chi connectivity index (χ1v) is 8.34. The number of amides is 1. The monoisotopic (exact) mass is 337 g/mol. The molecule has 2 N–H and O–H groups in total. The zero-order chi connectivity index (χ0) is 17.2. The summed E-state index contributed by atoms with van der Waals surface area (Å²) in [6.07, 6.45) is 6.95. The Labute approximate surface area is 144 Å². The Morgan fingerprint density at radius 3 is 3.20 bits per heavy atom. The molecule has 25 heavy (non-hydrogen) atoms. The minimum absolute atomic E-state index is 0.112. The maximum atomic E-state index is 12.6. The highest BCUT2D eigenvalue weighted by atomic mass is 16.1. The molecule has 3 aromatic heterocycles. The Morgan fingerprint density at radius 1 is 1.40 bits per heavy atom. The van der Waals surface area contributed by atoms with Crippen molar-refractivity contribution < 1.29 is 4.79 Å². The van der Waals surface area contributed by atoms with Crippen molar-refractivity contribution in [3.63, 3.8) is 0 Å². The Hall–Kier alpha value is -3.03. The van der Waals surface area contributed by atoms with Crippen molar-refractivity contribution in [1.29, 1.82) is 0 Å². The summed E-state index contributed by atoms with van der Waals surface area (Å²) in [4.78, 5) is 27.5. The van der Waals surface area contributed by atoms with E-state index in [9.17, 15) is 4.79 Å². The fourth-order valence-corrected chi connectivity index (χ4v) is 3.30. The molecule has 0 unspecified atom stereocenters. The van der Waals surface area contributed by atoms with Crippen LogP contribution in [0.3, 0.4) is 0 Å². The molecule has 1 aliphatic rings.